The van der Waals surface area contributed by atoms with Crippen LogP contribution in [0.4, 0.5) is 5.69 Å². The summed E-state index contributed by atoms with van der Waals surface area (Å²) < 4.78 is 0. The molecule has 0 aromatic heterocycles. The molecule has 28 heavy (non-hydrogen) atoms. The number of carbonyl (C=O) groups is 2. The molecule has 2 aromatic carbocycles. The van der Waals surface area contributed by atoms with E-state index >= 15 is 0 Å². The third-order valence-electron chi connectivity index (χ3n) is 5.07. The lowest BCUT2D eigenvalue weighted by Crippen LogP contribution is -2.52. The van der Waals surface area contributed by atoms with Gasteiger partial charge in [0.1, 0.15) is 6.04 Å². The van der Waals surface area contributed by atoms with Crippen molar-refractivity contribution >= 4 is 17.5 Å². The van der Waals surface area contributed by atoms with Gasteiger partial charge < -0.3 is 9.80 Å². The van der Waals surface area contributed by atoms with Gasteiger partial charge in [-0.3, -0.25) is 19.7 Å². The number of hydroxylamine groups is 1. The molecule has 0 aliphatic carbocycles. The van der Waals surface area contributed by atoms with E-state index in [-0.39, 0.29) is 5.91 Å². The van der Waals surface area contributed by atoms with Crippen LogP contribution in [0.25, 0.3) is 0 Å². The van der Waals surface area contributed by atoms with Gasteiger partial charge >= 0.3 is 0 Å². The molecule has 0 spiro atoms. The van der Waals surface area contributed by atoms with Gasteiger partial charge in [0.2, 0.25) is 0 Å². The van der Waals surface area contributed by atoms with Gasteiger partial charge in [0.05, 0.1) is 0 Å². The highest BCUT2D eigenvalue weighted by atomic mass is 16.5. The van der Waals surface area contributed by atoms with E-state index in [1.54, 1.807) is 10.4 Å². The predicted octanol–water partition coefficient (Wildman–Crippen LogP) is 1.76. The minimum atomic E-state index is -0.581. The molecule has 1 aliphatic heterocycles. The lowest BCUT2D eigenvalue weighted by atomic mass is 10.0. The summed E-state index contributed by atoms with van der Waals surface area (Å²) in [6, 6.07) is 16.3. The Hall–Kier alpha value is -2.90. The highest BCUT2D eigenvalue weighted by molar-refractivity contribution is 5.94. The monoisotopic (exact) mass is 382 g/mol. The van der Waals surface area contributed by atoms with Crippen LogP contribution in [0.2, 0.25) is 0 Å². The summed E-state index contributed by atoms with van der Waals surface area (Å²) in [5.41, 5.74) is 4.29. The summed E-state index contributed by atoms with van der Waals surface area (Å²) in [4.78, 5) is 30.8. The first-order valence-corrected chi connectivity index (χ1v) is 9.31. The maximum Gasteiger partial charge on any atom is 0.265 e. The van der Waals surface area contributed by atoms with Crippen molar-refractivity contribution in [2.24, 2.45) is 0 Å². The van der Waals surface area contributed by atoms with Crippen molar-refractivity contribution in [1.29, 1.82) is 0 Å². The van der Waals surface area contributed by atoms with Crippen LogP contribution in [0.1, 0.15) is 22.0 Å². The quantitative estimate of drug-likeness (QED) is 0.609. The van der Waals surface area contributed by atoms with Crippen LogP contribution >= 0.6 is 0 Å². The number of nitrogens with zero attached hydrogens (tertiary/aromatic N) is 3. The Morgan fingerprint density at radius 2 is 1.57 bits per heavy atom. The molecule has 1 atom stereocenters. The molecule has 0 saturated carbocycles. The van der Waals surface area contributed by atoms with E-state index in [0.29, 0.717) is 31.7 Å². The van der Waals surface area contributed by atoms with Crippen molar-refractivity contribution in [3.63, 3.8) is 0 Å². The maximum atomic E-state index is 12.8. The summed E-state index contributed by atoms with van der Waals surface area (Å²) >= 11 is 0. The smallest absolute Gasteiger partial charge is 0.265 e. The molecule has 0 bridgehead atoms. The zero-order valence-electron chi connectivity index (χ0n) is 16.2. The molecule has 7 nitrogen and oxygen atoms in total. The zero-order chi connectivity index (χ0) is 20.1. The Balaban J connectivity index is 1.67. The van der Waals surface area contributed by atoms with Gasteiger partial charge in [-0.25, -0.2) is 5.48 Å². The molecular weight excluding hydrogens is 356 g/mol. The van der Waals surface area contributed by atoms with E-state index in [2.05, 4.69) is 0 Å². The summed E-state index contributed by atoms with van der Waals surface area (Å²) in [5, 5.41) is 9.15. The third-order valence-corrected chi connectivity index (χ3v) is 5.07. The maximum absolute atomic E-state index is 12.8. The minimum Gasteiger partial charge on any atom is -0.378 e. The van der Waals surface area contributed by atoms with Crippen LogP contribution in [-0.2, 0) is 4.79 Å². The van der Waals surface area contributed by atoms with Gasteiger partial charge in [-0.1, -0.05) is 30.3 Å². The van der Waals surface area contributed by atoms with Crippen molar-refractivity contribution in [2.45, 2.75) is 6.04 Å². The molecule has 7 heteroatoms. The number of nitrogens with one attached hydrogen (secondary N) is 1. The zero-order valence-corrected chi connectivity index (χ0v) is 16.2. The fourth-order valence-electron chi connectivity index (χ4n) is 3.49. The lowest BCUT2D eigenvalue weighted by molar-refractivity contribution is -0.135. The van der Waals surface area contributed by atoms with Gasteiger partial charge in [0, 0.05) is 51.5 Å². The van der Waals surface area contributed by atoms with E-state index in [1.165, 1.54) is 0 Å². The van der Waals surface area contributed by atoms with Crippen LogP contribution in [0.3, 0.4) is 0 Å². The number of amides is 2. The van der Waals surface area contributed by atoms with Crippen LogP contribution in [0.5, 0.6) is 0 Å². The Bertz CT molecular complexity index is 800. The van der Waals surface area contributed by atoms with Crippen LogP contribution in [0, 0.1) is 0 Å². The van der Waals surface area contributed by atoms with E-state index in [9.17, 15) is 9.59 Å². The predicted molar refractivity (Wildman–Crippen MR) is 107 cm³/mol. The molecule has 2 amide bonds. The first-order valence-electron chi connectivity index (χ1n) is 9.31. The normalized spacial score (nSPS) is 15.8. The Morgan fingerprint density at radius 3 is 2.11 bits per heavy atom. The Labute approximate surface area is 165 Å². The molecule has 1 heterocycles. The number of anilines is 1. The average molecular weight is 382 g/mol. The van der Waals surface area contributed by atoms with Gasteiger partial charge in [0.15, 0.2) is 0 Å². The van der Waals surface area contributed by atoms with Gasteiger partial charge in [-0.15, -0.1) is 0 Å². The van der Waals surface area contributed by atoms with Crippen LogP contribution in [0.15, 0.2) is 54.6 Å². The molecule has 2 N–H and O–H groups in total. The van der Waals surface area contributed by atoms with Gasteiger partial charge in [0.25, 0.3) is 11.8 Å². The summed E-state index contributed by atoms with van der Waals surface area (Å²) in [5.74, 6) is -0.474. The number of carbonyl (C=O) groups excluding carboxylic acids is 2. The molecule has 1 aliphatic rings. The third kappa shape index (κ3) is 4.32. The number of hydrogen-bond donors (Lipinski definition) is 2. The SMILES string of the molecule is CN(C)c1ccc(C(=O)N2CCN(C(C(=O)NO)c3ccccc3)CC2)cc1. The fourth-order valence-corrected chi connectivity index (χ4v) is 3.49. The average Bonchev–Trinajstić information content (AvgIpc) is 2.74. The summed E-state index contributed by atoms with van der Waals surface area (Å²) in [6.07, 6.45) is 0. The van der Waals surface area contributed by atoms with Crippen LogP contribution in [-0.4, -0.2) is 67.1 Å². The number of piperazine rings is 1. The van der Waals surface area contributed by atoms with Gasteiger partial charge in [-0.05, 0) is 29.8 Å². The summed E-state index contributed by atoms with van der Waals surface area (Å²) in [7, 11) is 3.92. The molecule has 0 radical (unpaired) electrons. The van der Waals surface area contributed by atoms with Crippen molar-refractivity contribution in [3.05, 3.63) is 65.7 Å². The van der Waals surface area contributed by atoms with E-state index in [0.717, 1.165) is 11.3 Å². The molecular formula is C21H26N4O3. The standard InChI is InChI=1S/C21H26N4O3/c1-23(2)18-10-8-17(9-11-18)21(27)25-14-12-24(13-15-25)19(20(26)22-28)16-6-4-3-5-7-16/h3-11,19,28H,12-15H2,1-2H3,(H,22,26). The second-order valence-corrected chi connectivity index (χ2v) is 7.06. The topological polar surface area (TPSA) is 76.1 Å². The highest BCUT2D eigenvalue weighted by Crippen LogP contribution is 2.23. The van der Waals surface area contributed by atoms with E-state index in [4.69, 9.17) is 5.21 Å². The van der Waals surface area contributed by atoms with Crippen LogP contribution < -0.4 is 10.4 Å². The highest BCUT2D eigenvalue weighted by Gasteiger charge is 2.31. The first-order chi connectivity index (χ1) is 13.5. The number of benzene rings is 2. The van der Waals surface area contributed by atoms with Crippen molar-refractivity contribution in [1.82, 2.24) is 15.3 Å². The molecule has 1 fully saturated rings. The van der Waals surface area contributed by atoms with Crippen molar-refractivity contribution < 1.29 is 14.8 Å². The van der Waals surface area contributed by atoms with Gasteiger partial charge in [-0.2, -0.15) is 0 Å². The number of hydrogen-bond acceptors (Lipinski definition) is 5. The fraction of sp³-hybridized carbons (Fsp3) is 0.333. The summed E-state index contributed by atoms with van der Waals surface area (Å²) in [6.45, 7) is 2.15. The minimum absolute atomic E-state index is 0.00664. The lowest BCUT2D eigenvalue weighted by Gasteiger charge is -2.38. The van der Waals surface area contributed by atoms with E-state index in [1.807, 2.05) is 78.5 Å². The number of rotatable bonds is 5. The Morgan fingerprint density at radius 1 is 0.964 bits per heavy atom. The van der Waals surface area contributed by atoms with E-state index < -0.39 is 11.9 Å². The molecule has 1 saturated heterocycles. The largest absolute Gasteiger partial charge is 0.378 e. The van der Waals surface area contributed by atoms with Crippen molar-refractivity contribution in [3.8, 4) is 0 Å². The Kier molecular flexibility index (Phi) is 6.28. The molecule has 3 rings (SSSR count). The second kappa shape index (κ2) is 8.86. The molecule has 2 aromatic rings. The second-order valence-electron chi connectivity index (χ2n) is 7.06. The first kappa shape index (κ1) is 19.9. The molecule has 148 valence electrons. The molecule has 1 unspecified atom stereocenters. The van der Waals surface area contributed by atoms with Crippen molar-refractivity contribution in [2.75, 3.05) is 45.2 Å².